The molecule has 26 heavy (non-hydrogen) atoms. The molecule has 0 atom stereocenters. The average molecular weight is 363 g/mol. The van der Waals surface area contributed by atoms with Crippen molar-refractivity contribution in [1.82, 2.24) is 0 Å². The molecule has 0 aromatic heterocycles. The standard InChI is InChI=1S/C17H14FNO7/c1-24-15-7-6-11(8-12(15)18)14(20)9-26-17(21)10-25-16-5-3-2-4-13(16)19(22)23/h2-8H,9-10H2,1H3. The molecule has 0 fully saturated rings. The minimum Gasteiger partial charge on any atom is -0.494 e. The van der Waals surface area contributed by atoms with Crippen LogP contribution in [0.1, 0.15) is 10.4 Å². The van der Waals surface area contributed by atoms with Crippen molar-refractivity contribution in [3.63, 3.8) is 0 Å². The van der Waals surface area contributed by atoms with Gasteiger partial charge in [-0.2, -0.15) is 0 Å². The zero-order valence-corrected chi connectivity index (χ0v) is 13.6. The minimum absolute atomic E-state index is 0.00992. The zero-order chi connectivity index (χ0) is 19.1. The number of nitrogens with zero attached hydrogens (tertiary/aromatic N) is 1. The maximum Gasteiger partial charge on any atom is 0.344 e. The number of ketones is 1. The molecule has 2 aromatic carbocycles. The fourth-order valence-corrected chi connectivity index (χ4v) is 1.98. The second-order valence-electron chi connectivity index (χ2n) is 4.95. The number of halogens is 1. The van der Waals surface area contributed by atoms with Crippen molar-refractivity contribution in [1.29, 1.82) is 0 Å². The second-order valence-corrected chi connectivity index (χ2v) is 4.95. The van der Waals surface area contributed by atoms with Crippen LogP contribution in [0.2, 0.25) is 0 Å². The van der Waals surface area contributed by atoms with E-state index in [0.717, 1.165) is 6.07 Å². The highest BCUT2D eigenvalue weighted by Gasteiger charge is 2.17. The summed E-state index contributed by atoms with van der Waals surface area (Å²) < 4.78 is 28.1. The molecular formula is C17H14FNO7. The van der Waals surface area contributed by atoms with Crippen LogP contribution in [0.15, 0.2) is 42.5 Å². The number of hydrogen-bond acceptors (Lipinski definition) is 7. The quantitative estimate of drug-likeness (QED) is 0.307. The summed E-state index contributed by atoms with van der Waals surface area (Å²) in [6.07, 6.45) is 0. The van der Waals surface area contributed by atoms with Crippen LogP contribution in [0.25, 0.3) is 0 Å². The summed E-state index contributed by atoms with van der Waals surface area (Å²) in [6.45, 7) is -1.24. The Balaban J connectivity index is 1.88. The molecule has 0 aliphatic carbocycles. The predicted molar refractivity (Wildman–Crippen MR) is 86.8 cm³/mol. The molecule has 2 rings (SSSR count). The number of esters is 1. The normalized spacial score (nSPS) is 10.1. The summed E-state index contributed by atoms with van der Waals surface area (Å²) in [5.74, 6) is -2.35. The van der Waals surface area contributed by atoms with Gasteiger partial charge in [0, 0.05) is 11.6 Å². The molecule has 0 heterocycles. The predicted octanol–water partition coefficient (Wildman–Crippen LogP) is 2.55. The summed E-state index contributed by atoms with van der Waals surface area (Å²) in [5, 5.41) is 10.8. The van der Waals surface area contributed by atoms with Gasteiger partial charge in [-0.05, 0) is 24.3 Å². The molecule has 9 heteroatoms. The largest absolute Gasteiger partial charge is 0.494 e. The maximum absolute atomic E-state index is 13.6. The summed E-state index contributed by atoms with van der Waals surface area (Å²) in [6, 6.07) is 9.10. The van der Waals surface area contributed by atoms with E-state index in [2.05, 4.69) is 0 Å². The molecule has 0 amide bonds. The van der Waals surface area contributed by atoms with Crippen LogP contribution in [0.5, 0.6) is 11.5 Å². The smallest absolute Gasteiger partial charge is 0.344 e. The van der Waals surface area contributed by atoms with Crippen molar-refractivity contribution in [3.8, 4) is 11.5 Å². The Kier molecular flexibility index (Phi) is 6.20. The van der Waals surface area contributed by atoms with Crippen molar-refractivity contribution >= 4 is 17.4 Å². The molecule has 0 N–H and O–H groups in total. The molecular weight excluding hydrogens is 349 g/mol. The molecule has 0 spiro atoms. The van der Waals surface area contributed by atoms with Gasteiger partial charge in [-0.3, -0.25) is 14.9 Å². The van der Waals surface area contributed by atoms with Crippen molar-refractivity contribution in [2.24, 2.45) is 0 Å². The highest BCUT2D eigenvalue weighted by molar-refractivity contribution is 5.98. The third kappa shape index (κ3) is 4.76. The lowest BCUT2D eigenvalue weighted by atomic mass is 10.1. The van der Waals surface area contributed by atoms with E-state index in [-0.39, 0.29) is 22.7 Å². The lowest BCUT2D eigenvalue weighted by Gasteiger charge is -2.08. The fourth-order valence-electron chi connectivity index (χ4n) is 1.98. The number of rotatable bonds is 8. The molecule has 0 aliphatic heterocycles. The molecule has 2 aromatic rings. The first kappa shape index (κ1) is 18.8. The van der Waals surface area contributed by atoms with Gasteiger partial charge in [-0.15, -0.1) is 0 Å². The summed E-state index contributed by atoms with van der Waals surface area (Å²) in [4.78, 5) is 33.7. The van der Waals surface area contributed by atoms with Gasteiger partial charge in [0.1, 0.15) is 0 Å². The first-order valence-corrected chi connectivity index (χ1v) is 7.31. The second kappa shape index (κ2) is 8.56. The molecule has 0 radical (unpaired) electrons. The average Bonchev–Trinajstić information content (AvgIpc) is 2.64. The Hall–Kier alpha value is -3.49. The number of methoxy groups -OCH3 is 1. The van der Waals surface area contributed by atoms with Gasteiger partial charge >= 0.3 is 11.7 Å². The van der Waals surface area contributed by atoms with Gasteiger partial charge in [0.05, 0.1) is 12.0 Å². The lowest BCUT2D eigenvalue weighted by molar-refractivity contribution is -0.385. The van der Waals surface area contributed by atoms with Crippen LogP contribution in [0, 0.1) is 15.9 Å². The van der Waals surface area contributed by atoms with Crippen molar-refractivity contribution < 1.29 is 33.1 Å². The van der Waals surface area contributed by atoms with E-state index in [0.29, 0.717) is 0 Å². The van der Waals surface area contributed by atoms with Crippen molar-refractivity contribution in [3.05, 3.63) is 64.0 Å². The summed E-state index contributed by atoms with van der Waals surface area (Å²) in [7, 11) is 1.29. The third-order valence-corrected chi connectivity index (χ3v) is 3.25. The highest BCUT2D eigenvalue weighted by atomic mass is 19.1. The van der Waals surface area contributed by atoms with Crippen LogP contribution in [0.4, 0.5) is 10.1 Å². The fraction of sp³-hybridized carbons (Fsp3) is 0.176. The SMILES string of the molecule is COc1ccc(C(=O)COC(=O)COc2ccccc2[N+](=O)[O-])cc1F. The lowest BCUT2D eigenvalue weighted by Crippen LogP contribution is -2.19. The Bertz CT molecular complexity index is 838. The van der Waals surface area contributed by atoms with Crippen LogP contribution in [-0.4, -0.2) is 37.0 Å². The number of hydrogen-bond donors (Lipinski definition) is 0. The highest BCUT2D eigenvalue weighted by Crippen LogP contribution is 2.25. The van der Waals surface area contributed by atoms with Gasteiger partial charge in [0.15, 0.2) is 36.3 Å². The van der Waals surface area contributed by atoms with Crippen molar-refractivity contribution in [2.45, 2.75) is 0 Å². The van der Waals surface area contributed by atoms with Crippen LogP contribution in [-0.2, 0) is 9.53 Å². The van der Waals surface area contributed by atoms with Gasteiger partial charge in [-0.1, -0.05) is 12.1 Å². The number of Topliss-reactive ketones (excluding diaryl/α,β-unsaturated/α-hetero) is 1. The first-order valence-electron chi connectivity index (χ1n) is 7.31. The molecule has 0 unspecified atom stereocenters. The molecule has 8 nitrogen and oxygen atoms in total. The van der Waals surface area contributed by atoms with E-state index in [1.165, 1.54) is 43.5 Å². The van der Waals surface area contributed by atoms with E-state index >= 15 is 0 Å². The summed E-state index contributed by atoms with van der Waals surface area (Å²) in [5.41, 5.74) is -0.291. The number of para-hydroxylation sites is 2. The molecule has 0 saturated carbocycles. The number of nitro benzene ring substituents is 1. The van der Waals surface area contributed by atoms with Gasteiger partial charge in [0.25, 0.3) is 0 Å². The monoisotopic (exact) mass is 363 g/mol. The number of ether oxygens (including phenoxy) is 3. The Morgan fingerprint density at radius 1 is 1.12 bits per heavy atom. The Labute approximate surface area is 147 Å². The summed E-state index contributed by atoms with van der Waals surface area (Å²) >= 11 is 0. The Morgan fingerprint density at radius 3 is 2.50 bits per heavy atom. The van der Waals surface area contributed by atoms with Gasteiger partial charge < -0.3 is 14.2 Å². The minimum atomic E-state index is -0.898. The molecule has 136 valence electrons. The van der Waals surface area contributed by atoms with E-state index < -0.39 is 35.7 Å². The molecule has 0 aliphatic rings. The Morgan fingerprint density at radius 2 is 1.85 bits per heavy atom. The van der Waals surface area contributed by atoms with E-state index in [1.54, 1.807) is 0 Å². The number of carbonyl (C=O) groups is 2. The van der Waals surface area contributed by atoms with E-state index in [4.69, 9.17) is 14.2 Å². The molecule has 0 saturated heterocycles. The maximum atomic E-state index is 13.6. The van der Waals surface area contributed by atoms with Crippen LogP contribution < -0.4 is 9.47 Å². The van der Waals surface area contributed by atoms with Gasteiger partial charge in [-0.25, -0.2) is 9.18 Å². The number of nitro groups is 1. The van der Waals surface area contributed by atoms with Crippen LogP contribution in [0.3, 0.4) is 0 Å². The van der Waals surface area contributed by atoms with Gasteiger partial charge in [0.2, 0.25) is 0 Å². The van der Waals surface area contributed by atoms with E-state index in [1.807, 2.05) is 0 Å². The first-order chi connectivity index (χ1) is 12.4. The van der Waals surface area contributed by atoms with Crippen molar-refractivity contribution in [2.75, 3.05) is 20.3 Å². The zero-order valence-electron chi connectivity index (χ0n) is 13.6. The van der Waals surface area contributed by atoms with E-state index in [9.17, 15) is 24.1 Å². The molecule has 0 bridgehead atoms. The number of benzene rings is 2. The topological polar surface area (TPSA) is 105 Å². The van der Waals surface area contributed by atoms with Crippen LogP contribution >= 0.6 is 0 Å². The number of carbonyl (C=O) groups excluding carboxylic acids is 2. The third-order valence-electron chi connectivity index (χ3n) is 3.25.